The Morgan fingerprint density at radius 1 is 1.06 bits per heavy atom. The van der Waals surface area contributed by atoms with E-state index in [-0.39, 0.29) is 36.5 Å². The van der Waals surface area contributed by atoms with Crippen LogP contribution in [0, 0.1) is 0 Å². The smallest absolute Gasteiger partial charge is 0.255 e. The van der Waals surface area contributed by atoms with E-state index in [0.29, 0.717) is 28.0 Å². The van der Waals surface area contributed by atoms with Gasteiger partial charge in [0.15, 0.2) is 0 Å². The van der Waals surface area contributed by atoms with Crippen molar-refractivity contribution in [2.24, 2.45) is 0 Å². The summed E-state index contributed by atoms with van der Waals surface area (Å²) in [6, 6.07) is 9.08. The van der Waals surface area contributed by atoms with E-state index in [1.54, 1.807) is 37.5 Å². The fraction of sp³-hybridized carbons (Fsp3) is 0.308. The maximum atomic E-state index is 13.0. The molecule has 0 saturated heterocycles. The van der Waals surface area contributed by atoms with Crippen molar-refractivity contribution in [2.45, 2.75) is 38.8 Å². The zero-order valence-corrected chi connectivity index (χ0v) is 19.3. The van der Waals surface area contributed by atoms with Gasteiger partial charge in [0.25, 0.3) is 5.91 Å². The van der Waals surface area contributed by atoms with Crippen LogP contribution in [0.4, 0.5) is 0 Å². The third kappa shape index (κ3) is 4.85. The summed E-state index contributed by atoms with van der Waals surface area (Å²) in [6.45, 7) is 1.85. The molecule has 2 aromatic rings. The van der Waals surface area contributed by atoms with Gasteiger partial charge in [-0.05, 0) is 43.5 Å². The minimum Gasteiger partial charge on any atom is -0.489 e. The Kier molecular flexibility index (Phi) is 6.77. The Morgan fingerprint density at radius 2 is 1.79 bits per heavy atom. The number of nitrogens with one attached hydrogen (secondary N) is 1. The summed E-state index contributed by atoms with van der Waals surface area (Å²) in [5.41, 5.74) is 2.55. The van der Waals surface area contributed by atoms with Crippen LogP contribution < -0.4 is 10.1 Å². The molecular formula is C26H26N2O6. The van der Waals surface area contributed by atoms with Crippen LogP contribution in [0.15, 0.2) is 65.4 Å². The second-order valence-corrected chi connectivity index (χ2v) is 8.23. The number of hydrogen-bond donors (Lipinski definition) is 1. The van der Waals surface area contributed by atoms with Crippen molar-refractivity contribution in [2.75, 3.05) is 14.2 Å². The topological polar surface area (TPSA) is 104 Å². The zero-order chi connectivity index (χ0) is 24.2. The van der Waals surface area contributed by atoms with Crippen molar-refractivity contribution < 1.29 is 28.6 Å². The molecule has 0 bridgehead atoms. The summed E-state index contributed by atoms with van der Waals surface area (Å²) in [4.78, 5) is 42.7. The summed E-state index contributed by atoms with van der Waals surface area (Å²) in [6.07, 6.45) is 5.45. The Bertz CT molecular complexity index is 1200. The summed E-state index contributed by atoms with van der Waals surface area (Å²) in [7, 11) is 2.65. The molecule has 176 valence electrons. The van der Waals surface area contributed by atoms with Gasteiger partial charge < -0.3 is 19.5 Å². The minimum atomic E-state index is -0.405. The molecule has 0 aliphatic heterocycles. The van der Waals surface area contributed by atoms with Crippen LogP contribution in [0.2, 0.25) is 0 Å². The highest BCUT2D eigenvalue weighted by atomic mass is 16.5. The van der Waals surface area contributed by atoms with Gasteiger partial charge in [0.1, 0.15) is 12.4 Å². The number of aromatic nitrogens is 1. The normalized spacial score (nSPS) is 16.0. The second-order valence-electron chi connectivity index (χ2n) is 8.23. The predicted molar refractivity (Wildman–Crippen MR) is 123 cm³/mol. The van der Waals surface area contributed by atoms with Gasteiger partial charge in [-0.2, -0.15) is 0 Å². The summed E-state index contributed by atoms with van der Waals surface area (Å²) in [5.74, 6) is -0.814. The van der Waals surface area contributed by atoms with E-state index in [0.717, 1.165) is 18.4 Å². The molecule has 8 nitrogen and oxygen atoms in total. The fourth-order valence-corrected chi connectivity index (χ4v) is 3.73. The Labute approximate surface area is 197 Å². The zero-order valence-electron chi connectivity index (χ0n) is 19.3. The molecule has 4 rings (SSSR count). The molecule has 1 saturated carbocycles. The molecule has 0 unspecified atom stereocenters. The van der Waals surface area contributed by atoms with Crippen molar-refractivity contribution in [3.8, 4) is 5.75 Å². The van der Waals surface area contributed by atoms with Crippen molar-refractivity contribution in [1.29, 1.82) is 0 Å². The molecular weight excluding hydrogens is 436 g/mol. The molecule has 1 N–H and O–H groups in total. The van der Waals surface area contributed by atoms with Crippen LogP contribution >= 0.6 is 0 Å². The van der Waals surface area contributed by atoms with E-state index in [4.69, 9.17) is 14.2 Å². The van der Waals surface area contributed by atoms with Crippen LogP contribution in [0.3, 0.4) is 0 Å². The lowest BCUT2D eigenvalue weighted by molar-refractivity contribution is -0.121. The SMILES string of the molecule is COC1=C(OC)C(=O)C(Cc2ccc(OCc3cccnc3)c(C(=O)NC3CC3)c2)=C(C)C1=O. The number of allylic oxidation sites excluding steroid dienone is 2. The van der Waals surface area contributed by atoms with Gasteiger partial charge >= 0.3 is 0 Å². The van der Waals surface area contributed by atoms with E-state index >= 15 is 0 Å². The van der Waals surface area contributed by atoms with Gasteiger partial charge in [0.05, 0.1) is 19.8 Å². The number of ether oxygens (including phenoxy) is 3. The highest BCUT2D eigenvalue weighted by molar-refractivity contribution is 6.23. The third-order valence-corrected chi connectivity index (χ3v) is 5.79. The van der Waals surface area contributed by atoms with Crippen LogP contribution in [-0.4, -0.2) is 42.7 Å². The molecule has 2 aliphatic rings. The molecule has 0 atom stereocenters. The highest BCUT2D eigenvalue weighted by Gasteiger charge is 2.35. The van der Waals surface area contributed by atoms with Gasteiger partial charge in [-0.15, -0.1) is 0 Å². The third-order valence-electron chi connectivity index (χ3n) is 5.79. The van der Waals surface area contributed by atoms with Crippen molar-refractivity contribution in [1.82, 2.24) is 10.3 Å². The average Bonchev–Trinajstić information content (AvgIpc) is 3.67. The minimum absolute atomic E-state index is 0.0996. The number of Topliss-reactive ketones (excluding diaryl/α,β-unsaturated/α-hetero) is 2. The molecule has 34 heavy (non-hydrogen) atoms. The molecule has 1 aromatic heterocycles. The molecule has 1 aromatic carbocycles. The number of hydrogen-bond acceptors (Lipinski definition) is 7. The molecule has 0 spiro atoms. The molecule has 0 radical (unpaired) electrons. The lowest BCUT2D eigenvalue weighted by atomic mass is 9.88. The van der Waals surface area contributed by atoms with Gasteiger partial charge in [0.2, 0.25) is 23.1 Å². The number of amides is 1. The van der Waals surface area contributed by atoms with Crippen molar-refractivity contribution in [3.63, 3.8) is 0 Å². The van der Waals surface area contributed by atoms with E-state index in [1.165, 1.54) is 14.2 Å². The first-order valence-corrected chi connectivity index (χ1v) is 11.0. The number of methoxy groups -OCH3 is 2. The molecule has 1 amide bonds. The first-order chi connectivity index (χ1) is 16.4. The second kappa shape index (κ2) is 9.91. The van der Waals surface area contributed by atoms with Crippen molar-refractivity contribution in [3.05, 3.63) is 82.1 Å². The quantitative estimate of drug-likeness (QED) is 0.571. The van der Waals surface area contributed by atoms with E-state index in [2.05, 4.69) is 10.3 Å². The van der Waals surface area contributed by atoms with E-state index < -0.39 is 11.6 Å². The van der Waals surface area contributed by atoms with Crippen molar-refractivity contribution >= 4 is 17.5 Å². The maximum absolute atomic E-state index is 13.0. The molecule has 1 fully saturated rings. The summed E-state index contributed by atoms with van der Waals surface area (Å²) < 4.78 is 16.2. The maximum Gasteiger partial charge on any atom is 0.255 e. The van der Waals surface area contributed by atoms with Gasteiger partial charge in [0, 0.05) is 41.6 Å². The summed E-state index contributed by atoms with van der Waals surface area (Å²) >= 11 is 0. The molecule has 1 heterocycles. The van der Waals surface area contributed by atoms with Crippen LogP contribution in [0.25, 0.3) is 0 Å². The number of carbonyl (C=O) groups is 3. The fourth-order valence-electron chi connectivity index (χ4n) is 3.73. The average molecular weight is 463 g/mol. The number of carbonyl (C=O) groups excluding carboxylic acids is 3. The largest absolute Gasteiger partial charge is 0.489 e. The number of pyridine rings is 1. The highest BCUT2D eigenvalue weighted by Crippen LogP contribution is 2.30. The molecule has 2 aliphatic carbocycles. The first-order valence-electron chi connectivity index (χ1n) is 11.0. The van der Waals surface area contributed by atoms with Gasteiger partial charge in [-0.1, -0.05) is 12.1 Å². The Balaban J connectivity index is 1.62. The summed E-state index contributed by atoms with van der Waals surface area (Å²) in [5, 5.41) is 2.99. The number of ketones is 2. The monoisotopic (exact) mass is 462 g/mol. The lowest BCUT2D eigenvalue weighted by Gasteiger charge is -2.20. The predicted octanol–water partition coefficient (Wildman–Crippen LogP) is 3.07. The number of nitrogens with zero attached hydrogens (tertiary/aromatic N) is 1. The van der Waals surface area contributed by atoms with Crippen LogP contribution in [-0.2, 0) is 32.1 Å². The first kappa shape index (κ1) is 23.2. The van der Waals surface area contributed by atoms with E-state index in [1.807, 2.05) is 12.1 Å². The number of rotatable bonds is 9. The van der Waals surface area contributed by atoms with Gasteiger partial charge in [-0.3, -0.25) is 19.4 Å². The van der Waals surface area contributed by atoms with E-state index in [9.17, 15) is 14.4 Å². The number of benzene rings is 1. The lowest BCUT2D eigenvalue weighted by Crippen LogP contribution is -2.27. The van der Waals surface area contributed by atoms with Gasteiger partial charge in [-0.25, -0.2) is 0 Å². The Hall–Kier alpha value is -3.94. The molecule has 8 heteroatoms. The van der Waals surface area contributed by atoms with Crippen LogP contribution in [0.1, 0.15) is 41.3 Å². The van der Waals surface area contributed by atoms with Crippen LogP contribution in [0.5, 0.6) is 5.75 Å². The Morgan fingerprint density at radius 3 is 2.44 bits per heavy atom. The standard InChI is InChI=1S/C26H26N2O6/c1-15-19(23(30)25(33-3)24(32-2)22(15)29)11-16-6-9-21(34-14-17-5-4-10-27-13-17)20(12-16)26(31)28-18-7-8-18/h4-6,9-10,12-13,18H,7-8,11,14H2,1-3H3,(H,28,31).